The third-order valence-corrected chi connectivity index (χ3v) is 3.59. The van der Waals surface area contributed by atoms with Gasteiger partial charge in [0.2, 0.25) is 0 Å². The van der Waals surface area contributed by atoms with Crippen LogP contribution in [0.1, 0.15) is 17.4 Å². The van der Waals surface area contributed by atoms with Crippen LogP contribution < -0.4 is 5.73 Å². The molecule has 1 aromatic heterocycles. The fourth-order valence-corrected chi connectivity index (χ4v) is 2.63. The molecule has 0 saturated carbocycles. The highest BCUT2D eigenvalue weighted by molar-refractivity contribution is 6.38. The molecule has 0 spiro atoms. The number of fused-ring (bicyclic) bond motifs is 1. The summed E-state index contributed by atoms with van der Waals surface area (Å²) in [4.78, 5) is 0. The minimum atomic E-state index is -0.488. The summed E-state index contributed by atoms with van der Waals surface area (Å²) in [7, 11) is 0. The van der Waals surface area contributed by atoms with Crippen molar-refractivity contribution in [2.24, 2.45) is 5.73 Å². The number of halogens is 3. The van der Waals surface area contributed by atoms with Gasteiger partial charge in [0, 0.05) is 10.4 Å². The largest absolute Gasteiger partial charge is 0.457 e. The molecule has 0 saturated heterocycles. The molecule has 2 nitrogen and oxygen atoms in total. The quantitative estimate of drug-likeness (QED) is 0.729. The van der Waals surface area contributed by atoms with Gasteiger partial charge in [0.05, 0.1) is 11.1 Å². The lowest BCUT2D eigenvalue weighted by molar-refractivity contribution is 0.524. The zero-order chi connectivity index (χ0) is 14.3. The molecule has 0 bridgehead atoms. The fourth-order valence-electron chi connectivity index (χ4n) is 2.08. The van der Waals surface area contributed by atoms with Gasteiger partial charge in [-0.05, 0) is 35.9 Å². The van der Waals surface area contributed by atoms with Crippen LogP contribution in [0, 0.1) is 5.82 Å². The van der Waals surface area contributed by atoms with Crippen LogP contribution in [0.4, 0.5) is 4.39 Å². The van der Waals surface area contributed by atoms with E-state index in [1.807, 2.05) is 0 Å². The molecular weight excluding hydrogens is 300 g/mol. The van der Waals surface area contributed by atoms with E-state index in [1.54, 1.807) is 30.3 Å². The van der Waals surface area contributed by atoms with Gasteiger partial charge in [-0.1, -0.05) is 35.3 Å². The van der Waals surface area contributed by atoms with Gasteiger partial charge >= 0.3 is 0 Å². The maximum absolute atomic E-state index is 12.9. The monoisotopic (exact) mass is 309 g/mol. The Kier molecular flexibility index (Phi) is 3.42. The molecule has 1 unspecified atom stereocenters. The van der Waals surface area contributed by atoms with Gasteiger partial charge in [-0.3, -0.25) is 0 Å². The molecule has 102 valence electrons. The van der Waals surface area contributed by atoms with E-state index in [9.17, 15) is 4.39 Å². The molecular formula is C15H10Cl2FNO. The molecule has 1 heterocycles. The van der Waals surface area contributed by atoms with Gasteiger partial charge in [0.25, 0.3) is 0 Å². The van der Waals surface area contributed by atoms with Gasteiger partial charge in [-0.2, -0.15) is 0 Å². The smallest absolute Gasteiger partial charge is 0.153 e. The van der Waals surface area contributed by atoms with Crippen molar-refractivity contribution in [1.29, 1.82) is 0 Å². The topological polar surface area (TPSA) is 39.2 Å². The van der Waals surface area contributed by atoms with E-state index in [4.69, 9.17) is 33.4 Å². The average Bonchev–Trinajstić information content (AvgIpc) is 2.83. The van der Waals surface area contributed by atoms with Crippen molar-refractivity contribution >= 4 is 34.2 Å². The predicted octanol–water partition coefficient (Wildman–Crippen LogP) is 4.93. The number of rotatable bonds is 2. The summed E-state index contributed by atoms with van der Waals surface area (Å²) in [6, 6.07) is 10.7. The molecule has 0 amide bonds. The van der Waals surface area contributed by atoms with Crippen LogP contribution in [-0.4, -0.2) is 0 Å². The van der Waals surface area contributed by atoms with E-state index in [0.717, 1.165) is 10.9 Å². The maximum atomic E-state index is 12.9. The Bertz CT molecular complexity index is 767. The van der Waals surface area contributed by atoms with Gasteiger partial charge in [0.15, 0.2) is 5.58 Å². The molecule has 1 atom stereocenters. The van der Waals surface area contributed by atoms with Crippen LogP contribution in [0.5, 0.6) is 0 Å². The van der Waals surface area contributed by atoms with Crippen molar-refractivity contribution in [2.45, 2.75) is 6.04 Å². The number of benzene rings is 2. The second kappa shape index (κ2) is 5.09. The summed E-state index contributed by atoms with van der Waals surface area (Å²) < 4.78 is 18.6. The minimum absolute atomic E-state index is 0.305. The highest BCUT2D eigenvalue weighted by atomic mass is 35.5. The summed E-state index contributed by atoms with van der Waals surface area (Å²) in [5.41, 5.74) is 7.43. The highest BCUT2D eigenvalue weighted by Crippen LogP contribution is 2.33. The number of furan rings is 1. The van der Waals surface area contributed by atoms with Crippen LogP contribution in [0.2, 0.25) is 10.0 Å². The summed E-state index contributed by atoms with van der Waals surface area (Å²) >= 11 is 12.0. The molecule has 2 aromatic carbocycles. The average molecular weight is 310 g/mol. The van der Waals surface area contributed by atoms with E-state index >= 15 is 0 Å². The Hall–Kier alpha value is -1.55. The van der Waals surface area contributed by atoms with E-state index in [1.165, 1.54) is 12.1 Å². The summed E-state index contributed by atoms with van der Waals surface area (Å²) in [6.07, 6.45) is 0. The van der Waals surface area contributed by atoms with Gasteiger partial charge in [-0.15, -0.1) is 0 Å². The Balaban J connectivity index is 2.05. The van der Waals surface area contributed by atoms with Gasteiger partial charge in [-0.25, -0.2) is 4.39 Å². The molecule has 0 aliphatic rings. The third-order valence-electron chi connectivity index (χ3n) is 3.09. The highest BCUT2D eigenvalue weighted by Gasteiger charge is 2.16. The first kappa shape index (κ1) is 13.4. The van der Waals surface area contributed by atoms with E-state index < -0.39 is 6.04 Å². The minimum Gasteiger partial charge on any atom is -0.457 e. The molecule has 3 aromatic rings. The molecule has 0 radical (unpaired) electrons. The predicted molar refractivity (Wildman–Crippen MR) is 78.7 cm³/mol. The van der Waals surface area contributed by atoms with Gasteiger partial charge in [0.1, 0.15) is 11.6 Å². The van der Waals surface area contributed by atoms with Crippen LogP contribution in [0.15, 0.2) is 46.9 Å². The first-order valence-corrected chi connectivity index (χ1v) is 6.70. The van der Waals surface area contributed by atoms with Crippen molar-refractivity contribution in [3.05, 3.63) is 69.7 Å². The lowest BCUT2D eigenvalue weighted by Crippen LogP contribution is -2.10. The standard InChI is InChI=1S/C15H10Cl2FNO/c16-10-5-9-6-13(20-15(9)12(17)7-10)14(19)8-1-3-11(18)4-2-8/h1-7,14H,19H2. The molecule has 0 fully saturated rings. The molecule has 2 N–H and O–H groups in total. The van der Waals surface area contributed by atoms with Gasteiger partial charge < -0.3 is 10.2 Å². The Morgan fingerprint density at radius 3 is 2.45 bits per heavy atom. The lowest BCUT2D eigenvalue weighted by Gasteiger charge is -2.08. The SMILES string of the molecule is NC(c1ccc(F)cc1)c1cc2cc(Cl)cc(Cl)c2o1. The summed E-state index contributed by atoms with van der Waals surface area (Å²) in [5, 5.41) is 1.75. The Labute approximate surface area is 124 Å². The summed E-state index contributed by atoms with van der Waals surface area (Å²) in [5.74, 6) is 0.246. The molecule has 3 rings (SSSR count). The lowest BCUT2D eigenvalue weighted by atomic mass is 10.1. The molecule has 0 aliphatic carbocycles. The van der Waals surface area contributed by atoms with E-state index in [-0.39, 0.29) is 5.82 Å². The first-order valence-electron chi connectivity index (χ1n) is 5.94. The second-order valence-electron chi connectivity index (χ2n) is 4.48. The zero-order valence-electron chi connectivity index (χ0n) is 10.2. The van der Waals surface area contributed by atoms with Crippen molar-refractivity contribution in [3.8, 4) is 0 Å². The Morgan fingerprint density at radius 2 is 1.75 bits per heavy atom. The molecule has 5 heteroatoms. The fraction of sp³-hybridized carbons (Fsp3) is 0.0667. The van der Waals surface area contributed by atoms with Crippen molar-refractivity contribution < 1.29 is 8.81 Å². The molecule has 20 heavy (non-hydrogen) atoms. The third kappa shape index (κ3) is 2.40. The number of hydrogen-bond donors (Lipinski definition) is 1. The second-order valence-corrected chi connectivity index (χ2v) is 5.33. The van der Waals surface area contributed by atoms with Crippen molar-refractivity contribution in [1.82, 2.24) is 0 Å². The van der Waals surface area contributed by atoms with E-state index in [0.29, 0.717) is 21.4 Å². The van der Waals surface area contributed by atoms with Crippen LogP contribution in [0.25, 0.3) is 11.0 Å². The first-order chi connectivity index (χ1) is 9.54. The van der Waals surface area contributed by atoms with E-state index in [2.05, 4.69) is 0 Å². The van der Waals surface area contributed by atoms with Crippen LogP contribution in [0.3, 0.4) is 0 Å². The maximum Gasteiger partial charge on any atom is 0.153 e. The Morgan fingerprint density at radius 1 is 1.05 bits per heavy atom. The van der Waals surface area contributed by atoms with Crippen molar-refractivity contribution in [2.75, 3.05) is 0 Å². The molecule has 0 aliphatic heterocycles. The summed E-state index contributed by atoms with van der Waals surface area (Å²) in [6.45, 7) is 0. The normalized spacial score (nSPS) is 12.8. The number of hydrogen-bond acceptors (Lipinski definition) is 2. The zero-order valence-corrected chi connectivity index (χ0v) is 11.8. The van der Waals surface area contributed by atoms with Crippen molar-refractivity contribution in [3.63, 3.8) is 0 Å². The number of nitrogens with two attached hydrogens (primary N) is 1. The van der Waals surface area contributed by atoms with Crippen LogP contribution in [-0.2, 0) is 0 Å². The van der Waals surface area contributed by atoms with Crippen LogP contribution >= 0.6 is 23.2 Å².